The Labute approximate surface area is 156 Å². The van der Waals surface area contributed by atoms with Gasteiger partial charge in [0, 0.05) is 23.0 Å². The summed E-state index contributed by atoms with van der Waals surface area (Å²) in [6, 6.07) is 7.16. The van der Waals surface area contributed by atoms with E-state index in [2.05, 4.69) is 9.97 Å². The first-order chi connectivity index (χ1) is 11.9. The lowest BCUT2D eigenvalue weighted by molar-refractivity contribution is 0.0515. The molecule has 1 saturated heterocycles. The van der Waals surface area contributed by atoms with Gasteiger partial charge in [0.1, 0.15) is 6.10 Å². The van der Waals surface area contributed by atoms with Gasteiger partial charge in [-0.1, -0.05) is 23.2 Å². The SMILES string of the molecule is Cc1cc(C)nc(OC2CCCN(C(=O)c3ccc(Cl)cc3Cl)C2)n1. The number of ether oxygens (including phenoxy) is 1. The highest BCUT2D eigenvalue weighted by Crippen LogP contribution is 2.24. The second kappa shape index (κ2) is 7.58. The lowest BCUT2D eigenvalue weighted by Crippen LogP contribution is -2.44. The molecule has 3 rings (SSSR count). The van der Waals surface area contributed by atoms with Crippen LogP contribution in [-0.4, -0.2) is 40.0 Å². The molecule has 0 bridgehead atoms. The van der Waals surface area contributed by atoms with Gasteiger partial charge in [0.2, 0.25) is 0 Å². The Bertz CT molecular complexity index is 778. The van der Waals surface area contributed by atoms with Crippen LogP contribution in [0.25, 0.3) is 0 Å². The molecule has 1 fully saturated rings. The fraction of sp³-hybridized carbons (Fsp3) is 0.389. The normalized spacial score (nSPS) is 17.4. The molecular formula is C18H19Cl2N3O2. The van der Waals surface area contributed by atoms with Crippen molar-refractivity contribution >= 4 is 29.1 Å². The minimum atomic E-state index is -0.134. The third-order valence-electron chi connectivity index (χ3n) is 4.06. The highest BCUT2D eigenvalue weighted by Gasteiger charge is 2.27. The molecule has 1 unspecified atom stereocenters. The van der Waals surface area contributed by atoms with Gasteiger partial charge < -0.3 is 9.64 Å². The van der Waals surface area contributed by atoms with Gasteiger partial charge in [-0.25, -0.2) is 9.97 Å². The number of aryl methyl sites for hydroxylation is 2. The van der Waals surface area contributed by atoms with Gasteiger partial charge in [0.15, 0.2) is 0 Å². The van der Waals surface area contributed by atoms with Crippen LogP contribution < -0.4 is 4.74 Å². The predicted octanol–water partition coefficient (Wildman–Crippen LogP) is 4.08. The van der Waals surface area contributed by atoms with Crippen LogP contribution >= 0.6 is 23.2 Å². The van der Waals surface area contributed by atoms with Gasteiger partial charge in [-0.15, -0.1) is 0 Å². The van der Waals surface area contributed by atoms with Crippen molar-refractivity contribution in [1.82, 2.24) is 14.9 Å². The molecule has 132 valence electrons. The molecule has 25 heavy (non-hydrogen) atoms. The molecule has 0 spiro atoms. The molecule has 1 amide bonds. The van der Waals surface area contributed by atoms with E-state index in [4.69, 9.17) is 27.9 Å². The number of carbonyl (C=O) groups excluding carboxylic acids is 1. The largest absolute Gasteiger partial charge is 0.458 e. The van der Waals surface area contributed by atoms with Crippen LogP contribution in [0.1, 0.15) is 34.6 Å². The summed E-state index contributed by atoms with van der Waals surface area (Å²) < 4.78 is 5.91. The van der Waals surface area contributed by atoms with Crippen LogP contribution in [0.15, 0.2) is 24.3 Å². The Hall–Kier alpha value is -1.85. The summed E-state index contributed by atoms with van der Waals surface area (Å²) in [5, 5.41) is 0.867. The van der Waals surface area contributed by atoms with Gasteiger partial charge >= 0.3 is 6.01 Å². The molecule has 1 aromatic heterocycles. The van der Waals surface area contributed by atoms with Crippen LogP contribution in [0.4, 0.5) is 0 Å². The van der Waals surface area contributed by atoms with E-state index in [0.717, 1.165) is 24.2 Å². The number of piperidine rings is 1. The average Bonchev–Trinajstić information content (AvgIpc) is 2.53. The number of carbonyl (C=O) groups is 1. The molecule has 0 aliphatic carbocycles. The van der Waals surface area contributed by atoms with E-state index in [0.29, 0.717) is 34.7 Å². The maximum Gasteiger partial charge on any atom is 0.317 e. The topological polar surface area (TPSA) is 55.3 Å². The Morgan fingerprint density at radius 2 is 1.92 bits per heavy atom. The summed E-state index contributed by atoms with van der Waals surface area (Å²) in [4.78, 5) is 23.1. The summed E-state index contributed by atoms with van der Waals surface area (Å²) in [7, 11) is 0. The van der Waals surface area contributed by atoms with Gasteiger partial charge in [-0.05, 0) is 51.0 Å². The quantitative estimate of drug-likeness (QED) is 0.805. The first-order valence-electron chi connectivity index (χ1n) is 8.15. The smallest absolute Gasteiger partial charge is 0.317 e. The standard InChI is InChI=1S/C18H19Cl2N3O2/c1-11-8-12(2)22-18(21-11)25-14-4-3-7-23(10-14)17(24)15-6-5-13(19)9-16(15)20/h5-6,8-9,14H,3-4,7,10H2,1-2H3. The Balaban J connectivity index is 1.71. The Morgan fingerprint density at radius 1 is 1.20 bits per heavy atom. The van der Waals surface area contributed by atoms with Gasteiger partial charge in [0.05, 0.1) is 17.1 Å². The molecule has 7 heteroatoms. The van der Waals surface area contributed by atoms with Crippen molar-refractivity contribution in [3.05, 3.63) is 51.3 Å². The number of halogens is 2. The number of aromatic nitrogens is 2. The van der Waals surface area contributed by atoms with E-state index >= 15 is 0 Å². The summed E-state index contributed by atoms with van der Waals surface area (Å²) in [6.45, 7) is 4.96. The van der Waals surface area contributed by atoms with Crippen LogP contribution in [0, 0.1) is 13.8 Å². The minimum Gasteiger partial charge on any atom is -0.458 e. The predicted molar refractivity (Wildman–Crippen MR) is 97.5 cm³/mol. The summed E-state index contributed by atoms with van der Waals surface area (Å²) in [6.07, 6.45) is 1.57. The van der Waals surface area contributed by atoms with E-state index in [1.807, 2.05) is 19.9 Å². The molecule has 0 saturated carbocycles. The number of benzene rings is 1. The first-order valence-corrected chi connectivity index (χ1v) is 8.91. The number of nitrogens with zero attached hydrogens (tertiary/aromatic N) is 3. The van der Waals surface area contributed by atoms with Gasteiger partial charge in [-0.3, -0.25) is 4.79 Å². The number of hydrogen-bond donors (Lipinski definition) is 0. The van der Waals surface area contributed by atoms with Crippen LogP contribution in [0.3, 0.4) is 0 Å². The summed E-state index contributed by atoms with van der Waals surface area (Å²) in [5.74, 6) is -0.115. The number of hydrogen-bond acceptors (Lipinski definition) is 4. The van der Waals surface area contributed by atoms with Crippen LogP contribution in [0.2, 0.25) is 10.0 Å². The Morgan fingerprint density at radius 3 is 2.60 bits per heavy atom. The number of likely N-dealkylation sites (tertiary alicyclic amines) is 1. The second-order valence-corrected chi connectivity index (χ2v) is 7.03. The second-order valence-electron chi connectivity index (χ2n) is 6.19. The van der Waals surface area contributed by atoms with Crippen molar-refractivity contribution in [1.29, 1.82) is 0 Å². The molecule has 2 heterocycles. The van der Waals surface area contributed by atoms with E-state index in [-0.39, 0.29) is 12.0 Å². The molecule has 1 aromatic carbocycles. The lowest BCUT2D eigenvalue weighted by Gasteiger charge is -2.32. The first kappa shape index (κ1) is 18.0. The molecule has 0 radical (unpaired) electrons. The molecule has 0 N–H and O–H groups in total. The molecule has 1 aliphatic heterocycles. The fourth-order valence-corrected chi connectivity index (χ4v) is 3.44. The maximum absolute atomic E-state index is 12.7. The third kappa shape index (κ3) is 4.41. The van der Waals surface area contributed by atoms with Crippen molar-refractivity contribution < 1.29 is 9.53 Å². The van der Waals surface area contributed by atoms with Gasteiger partial charge in [0.25, 0.3) is 5.91 Å². The number of rotatable bonds is 3. The molecule has 1 aliphatic rings. The zero-order valence-corrected chi connectivity index (χ0v) is 15.6. The molecule has 2 aromatic rings. The monoisotopic (exact) mass is 379 g/mol. The van der Waals surface area contributed by atoms with Crippen molar-refractivity contribution in [2.75, 3.05) is 13.1 Å². The minimum absolute atomic E-state index is 0.115. The highest BCUT2D eigenvalue weighted by molar-refractivity contribution is 6.36. The summed E-state index contributed by atoms with van der Waals surface area (Å²) >= 11 is 12.1. The zero-order valence-electron chi connectivity index (χ0n) is 14.1. The molecule has 1 atom stereocenters. The van der Waals surface area contributed by atoms with Crippen molar-refractivity contribution in [3.8, 4) is 6.01 Å². The average molecular weight is 380 g/mol. The van der Waals surface area contributed by atoms with Crippen molar-refractivity contribution in [2.24, 2.45) is 0 Å². The fourth-order valence-electron chi connectivity index (χ4n) is 2.95. The maximum atomic E-state index is 12.7. The van der Waals surface area contributed by atoms with E-state index in [1.165, 1.54) is 0 Å². The van der Waals surface area contributed by atoms with E-state index in [1.54, 1.807) is 23.1 Å². The lowest BCUT2D eigenvalue weighted by atomic mass is 10.1. The number of amides is 1. The zero-order chi connectivity index (χ0) is 18.0. The van der Waals surface area contributed by atoms with Gasteiger partial charge in [-0.2, -0.15) is 0 Å². The Kier molecular flexibility index (Phi) is 5.45. The molecule has 5 nitrogen and oxygen atoms in total. The van der Waals surface area contributed by atoms with Crippen LogP contribution in [-0.2, 0) is 0 Å². The van der Waals surface area contributed by atoms with Crippen molar-refractivity contribution in [2.45, 2.75) is 32.8 Å². The van der Waals surface area contributed by atoms with E-state index < -0.39 is 0 Å². The third-order valence-corrected chi connectivity index (χ3v) is 4.61. The van der Waals surface area contributed by atoms with E-state index in [9.17, 15) is 4.79 Å². The molecular weight excluding hydrogens is 361 g/mol. The van der Waals surface area contributed by atoms with Crippen molar-refractivity contribution in [3.63, 3.8) is 0 Å². The summed E-state index contributed by atoms with van der Waals surface area (Å²) in [5.41, 5.74) is 2.17. The van der Waals surface area contributed by atoms with Crippen LogP contribution in [0.5, 0.6) is 6.01 Å². The highest BCUT2D eigenvalue weighted by atomic mass is 35.5.